The minimum atomic E-state index is -0.188. The monoisotopic (exact) mass is 143 g/mol. The Kier molecular flexibility index (Phi) is 5.70. The molecule has 0 aromatic heterocycles. The number of hydrogen-bond acceptors (Lipinski definition) is 1. The second-order valence-corrected chi connectivity index (χ2v) is 2.98. The average Bonchev–Trinajstić information content (AvgIpc) is 1.98. The predicted molar refractivity (Wildman–Crippen MR) is 44.7 cm³/mol. The van der Waals surface area contributed by atoms with Crippen molar-refractivity contribution in [2.45, 2.75) is 45.6 Å². The Bertz CT molecular complexity index is 71.1. The summed E-state index contributed by atoms with van der Waals surface area (Å²) < 4.78 is 0. The SMILES string of the molecule is [CH2]CC(O)C(C)CCCC. The van der Waals surface area contributed by atoms with E-state index in [-0.39, 0.29) is 6.10 Å². The topological polar surface area (TPSA) is 20.2 Å². The first-order valence-corrected chi connectivity index (χ1v) is 4.19. The van der Waals surface area contributed by atoms with E-state index in [0.717, 1.165) is 6.42 Å². The van der Waals surface area contributed by atoms with E-state index in [9.17, 15) is 5.11 Å². The maximum atomic E-state index is 9.29. The van der Waals surface area contributed by atoms with Crippen LogP contribution < -0.4 is 0 Å². The van der Waals surface area contributed by atoms with Crippen LogP contribution in [0, 0.1) is 12.8 Å². The zero-order valence-electron chi connectivity index (χ0n) is 7.14. The quantitative estimate of drug-likeness (QED) is 0.626. The predicted octanol–water partition coefficient (Wildman–Crippen LogP) is 2.40. The van der Waals surface area contributed by atoms with Crippen molar-refractivity contribution in [2.24, 2.45) is 5.92 Å². The molecule has 1 N–H and O–H groups in total. The van der Waals surface area contributed by atoms with Crippen molar-refractivity contribution < 1.29 is 5.11 Å². The number of hydrogen-bond donors (Lipinski definition) is 1. The van der Waals surface area contributed by atoms with Gasteiger partial charge in [-0.05, 0) is 18.8 Å². The van der Waals surface area contributed by atoms with Gasteiger partial charge < -0.3 is 5.11 Å². The largest absolute Gasteiger partial charge is 0.393 e. The average molecular weight is 143 g/mol. The third kappa shape index (κ3) is 3.89. The first-order valence-electron chi connectivity index (χ1n) is 4.19. The molecule has 0 saturated carbocycles. The summed E-state index contributed by atoms with van der Waals surface area (Å²) in [6.45, 7) is 7.92. The fourth-order valence-electron chi connectivity index (χ4n) is 1.00. The van der Waals surface area contributed by atoms with Gasteiger partial charge in [0.05, 0.1) is 6.10 Å². The van der Waals surface area contributed by atoms with Crippen molar-refractivity contribution in [3.63, 3.8) is 0 Å². The van der Waals surface area contributed by atoms with Crippen LogP contribution in [0.25, 0.3) is 0 Å². The van der Waals surface area contributed by atoms with Crippen LogP contribution in [0.2, 0.25) is 0 Å². The lowest BCUT2D eigenvalue weighted by Gasteiger charge is -2.15. The molecule has 0 amide bonds. The minimum Gasteiger partial charge on any atom is -0.393 e. The molecule has 0 aromatic carbocycles. The number of unbranched alkanes of at least 4 members (excludes halogenated alkanes) is 1. The molecule has 61 valence electrons. The summed E-state index contributed by atoms with van der Waals surface area (Å²) in [7, 11) is 0. The lowest BCUT2D eigenvalue weighted by Crippen LogP contribution is -2.15. The molecule has 10 heavy (non-hydrogen) atoms. The summed E-state index contributed by atoms with van der Waals surface area (Å²) in [5.74, 6) is 0.428. The van der Waals surface area contributed by atoms with Gasteiger partial charge in [-0.1, -0.05) is 33.6 Å². The van der Waals surface area contributed by atoms with E-state index in [1.165, 1.54) is 12.8 Å². The van der Waals surface area contributed by atoms with Crippen LogP contribution in [0.3, 0.4) is 0 Å². The Morgan fingerprint density at radius 1 is 1.50 bits per heavy atom. The van der Waals surface area contributed by atoms with Crippen LogP contribution in [-0.4, -0.2) is 11.2 Å². The summed E-state index contributed by atoms with van der Waals surface area (Å²) in [5, 5.41) is 9.29. The lowest BCUT2D eigenvalue weighted by molar-refractivity contribution is 0.113. The molecule has 0 aliphatic carbocycles. The van der Waals surface area contributed by atoms with Crippen molar-refractivity contribution in [3.05, 3.63) is 6.92 Å². The maximum Gasteiger partial charge on any atom is 0.0565 e. The third-order valence-electron chi connectivity index (χ3n) is 1.97. The van der Waals surface area contributed by atoms with E-state index in [4.69, 9.17) is 0 Å². The summed E-state index contributed by atoms with van der Waals surface area (Å²) in [6.07, 6.45) is 4.02. The molecule has 0 rings (SSSR count). The Hall–Kier alpha value is -0.0400. The van der Waals surface area contributed by atoms with Crippen LogP contribution in [0.1, 0.15) is 39.5 Å². The highest BCUT2D eigenvalue weighted by Crippen LogP contribution is 2.13. The molecular weight excluding hydrogens is 124 g/mol. The van der Waals surface area contributed by atoms with Crippen LogP contribution >= 0.6 is 0 Å². The summed E-state index contributed by atoms with van der Waals surface area (Å²) in [6, 6.07) is 0. The molecule has 0 fully saturated rings. The molecule has 1 nitrogen and oxygen atoms in total. The molecular formula is C9H19O. The zero-order chi connectivity index (χ0) is 7.98. The van der Waals surface area contributed by atoms with Gasteiger partial charge in [-0.3, -0.25) is 0 Å². The van der Waals surface area contributed by atoms with Crippen molar-refractivity contribution in [1.29, 1.82) is 0 Å². The van der Waals surface area contributed by atoms with Crippen LogP contribution in [0.5, 0.6) is 0 Å². The molecule has 2 unspecified atom stereocenters. The van der Waals surface area contributed by atoms with Gasteiger partial charge in [0.15, 0.2) is 0 Å². The highest BCUT2D eigenvalue weighted by Gasteiger charge is 2.10. The highest BCUT2D eigenvalue weighted by molar-refractivity contribution is 4.64. The van der Waals surface area contributed by atoms with Gasteiger partial charge in [0.2, 0.25) is 0 Å². The zero-order valence-corrected chi connectivity index (χ0v) is 7.14. The van der Waals surface area contributed by atoms with E-state index in [1.54, 1.807) is 0 Å². The molecule has 0 aliphatic rings. The van der Waals surface area contributed by atoms with Gasteiger partial charge in [-0.2, -0.15) is 0 Å². The fraction of sp³-hybridized carbons (Fsp3) is 0.889. The maximum absolute atomic E-state index is 9.29. The highest BCUT2D eigenvalue weighted by atomic mass is 16.3. The summed E-state index contributed by atoms with van der Waals surface area (Å²) in [5.41, 5.74) is 0. The molecule has 0 aromatic rings. The Morgan fingerprint density at radius 3 is 2.50 bits per heavy atom. The number of rotatable bonds is 5. The first kappa shape index (κ1) is 9.96. The van der Waals surface area contributed by atoms with Crippen molar-refractivity contribution >= 4 is 0 Å². The standard InChI is InChI=1S/C9H19O/c1-4-6-7-8(3)9(10)5-2/h8-10H,2,4-7H2,1,3H3. The molecule has 0 heterocycles. The first-order chi connectivity index (χ1) is 4.72. The van der Waals surface area contributed by atoms with Crippen molar-refractivity contribution in [2.75, 3.05) is 0 Å². The van der Waals surface area contributed by atoms with Gasteiger partial charge in [0, 0.05) is 0 Å². The molecule has 1 radical (unpaired) electrons. The number of aliphatic hydroxyl groups is 1. The second-order valence-electron chi connectivity index (χ2n) is 2.98. The van der Waals surface area contributed by atoms with Crippen molar-refractivity contribution in [3.8, 4) is 0 Å². The van der Waals surface area contributed by atoms with Gasteiger partial charge in [-0.25, -0.2) is 0 Å². The van der Waals surface area contributed by atoms with Gasteiger partial charge in [0.25, 0.3) is 0 Å². The van der Waals surface area contributed by atoms with Crippen LogP contribution in [0.15, 0.2) is 0 Å². The summed E-state index contributed by atoms with van der Waals surface area (Å²) in [4.78, 5) is 0. The van der Waals surface area contributed by atoms with Gasteiger partial charge in [0.1, 0.15) is 0 Å². The van der Waals surface area contributed by atoms with Gasteiger partial charge >= 0.3 is 0 Å². The van der Waals surface area contributed by atoms with Crippen molar-refractivity contribution in [1.82, 2.24) is 0 Å². The Labute approximate surface area is 64.5 Å². The molecule has 2 atom stereocenters. The molecule has 1 heteroatoms. The lowest BCUT2D eigenvalue weighted by atomic mass is 9.97. The summed E-state index contributed by atoms with van der Waals surface area (Å²) >= 11 is 0. The van der Waals surface area contributed by atoms with E-state index >= 15 is 0 Å². The Morgan fingerprint density at radius 2 is 2.10 bits per heavy atom. The molecule has 0 spiro atoms. The van der Waals surface area contributed by atoms with E-state index in [0.29, 0.717) is 12.3 Å². The third-order valence-corrected chi connectivity index (χ3v) is 1.97. The van der Waals surface area contributed by atoms with E-state index in [1.807, 2.05) is 0 Å². The van der Waals surface area contributed by atoms with Crippen LogP contribution in [0.4, 0.5) is 0 Å². The second kappa shape index (κ2) is 5.72. The Balaban J connectivity index is 3.31. The van der Waals surface area contributed by atoms with E-state index < -0.39 is 0 Å². The molecule has 0 bridgehead atoms. The van der Waals surface area contributed by atoms with Crippen LogP contribution in [-0.2, 0) is 0 Å². The number of aliphatic hydroxyl groups excluding tert-OH is 1. The smallest absolute Gasteiger partial charge is 0.0565 e. The fourth-order valence-corrected chi connectivity index (χ4v) is 1.00. The normalized spacial score (nSPS) is 16.8. The van der Waals surface area contributed by atoms with Gasteiger partial charge in [-0.15, -0.1) is 0 Å². The molecule has 0 saturated heterocycles. The minimum absolute atomic E-state index is 0.188. The molecule has 0 aliphatic heterocycles. The van der Waals surface area contributed by atoms with E-state index in [2.05, 4.69) is 20.8 Å².